The minimum Gasteiger partial charge on any atom is -0.439 e. The molecule has 2 saturated heterocycles. The van der Waals surface area contributed by atoms with Crippen LogP contribution in [0.1, 0.15) is 80.6 Å². The zero-order chi connectivity index (χ0) is 30.4. The zero-order valence-electron chi connectivity index (χ0n) is 25.4. The maximum atomic E-state index is 13.8. The molecular formula is C33H45N5O5. The van der Waals surface area contributed by atoms with Crippen LogP contribution >= 0.6 is 0 Å². The van der Waals surface area contributed by atoms with Gasteiger partial charge in [-0.05, 0) is 67.9 Å². The van der Waals surface area contributed by atoms with Gasteiger partial charge in [-0.2, -0.15) is 0 Å². The molecule has 3 N–H and O–H groups in total. The van der Waals surface area contributed by atoms with E-state index in [9.17, 15) is 19.5 Å². The number of aliphatic hydroxyl groups excluding tert-OH is 1. The fourth-order valence-corrected chi connectivity index (χ4v) is 6.80. The number of aromatic nitrogens is 1. The molecule has 3 fully saturated rings. The summed E-state index contributed by atoms with van der Waals surface area (Å²) in [5.74, 6) is 0.724. The summed E-state index contributed by atoms with van der Waals surface area (Å²) in [6.45, 7) is 4.66. The molecule has 2 aliphatic heterocycles. The fourth-order valence-electron chi connectivity index (χ4n) is 6.80. The summed E-state index contributed by atoms with van der Waals surface area (Å²) in [7, 11) is 1.59. The molecule has 10 heteroatoms. The highest BCUT2D eigenvalue weighted by atomic mass is 16.5. The van der Waals surface area contributed by atoms with Crippen molar-refractivity contribution in [2.24, 2.45) is 5.92 Å². The van der Waals surface area contributed by atoms with E-state index >= 15 is 0 Å². The van der Waals surface area contributed by atoms with Gasteiger partial charge in [-0.15, -0.1) is 0 Å². The number of hydrogen-bond acceptors (Lipinski definition) is 7. The second-order valence-corrected chi connectivity index (χ2v) is 12.2. The van der Waals surface area contributed by atoms with Crippen molar-refractivity contribution in [2.45, 2.75) is 88.9 Å². The third-order valence-electron chi connectivity index (χ3n) is 9.42. The van der Waals surface area contributed by atoms with Crippen LogP contribution in [0.15, 0.2) is 42.6 Å². The topological polar surface area (TPSA) is 124 Å². The van der Waals surface area contributed by atoms with E-state index in [1.165, 1.54) is 6.42 Å². The van der Waals surface area contributed by atoms with E-state index in [1.807, 2.05) is 17.0 Å². The molecule has 0 radical (unpaired) electrons. The van der Waals surface area contributed by atoms with E-state index in [2.05, 4.69) is 27.4 Å². The van der Waals surface area contributed by atoms with Crippen LogP contribution in [0.5, 0.6) is 11.6 Å². The number of nitrogens with zero attached hydrogens (tertiary/aromatic N) is 3. The van der Waals surface area contributed by atoms with Gasteiger partial charge in [0.2, 0.25) is 17.7 Å². The van der Waals surface area contributed by atoms with E-state index in [0.29, 0.717) is 56.2 Å². The van der Waals surface area contributed by atoms with Gasteiger partial charge in [0.1, 0.15) is 17.3 Å². The average Bonchev–Trinajstić information content (AvgIpc) is 3.04. The van der Waals surface area contributed by atoms with Crippen molar-refractivity contribution in [1.82, 2.24) is 25.4 Å². The van der Waals surface area contributed by atoms with Gasteiger partial charge in [-0.25, -0.2) is 4.98 Å². The van der Waals surface area contributed by atoms with E-state index in [1.54, 1.807) is 37.5 Å². The van der Waals surface area contributed by atoms with Crippen molar-refractivity contribution >= 4 is 17.7 Å². The highest BCUT2D eigenvalue weighted by Crippen LogP contribution is 2.36. The molecule has 0 unspecified atom stereocenters. The van der Waals surface area contributed by atoms with Crippen LogP contribution in [0.25, 0.3) is 0 Å². The number of amides is 3. The molecule has 1 saturated carbocycles. The Morgan fingerprint density at radius 2 is 1.84 bits per heavy atom. The summed E-state index contributed by atoms with van der Waals surface area (Å²) in [5, 5.41) is 16.8. The number of ether oxygens (including phenoxy) is 1. The second-order valence-electron chi connectivity index (χ2n) is 12.2. The monoisotopic (exact) mass is 591 g/mol. The van der Waals surface area contributed by atoms with E-state index < -0.39 is 17.7 Å². The third-order valence-corrected chi connectivity index (χ3v) is 9.42. The maximum Gasteiger partial charge on any atom is 0.251 e. The summed E-state index contributed by atoms with van der Waals surface area (Å²) in [6, 6.07) is 9.83. The predicted molar refractivity (Wildman–Crippen MR) is 163 cm³/mol. The average molecular weight is 592 g/mol. The number of unbranched alkanes of at least 4 members (excludes halogenated alkanes) is 1. The Hall–Kier alpha value is -3.50. The van der Waals surface area contributed by atoms with Crippen LogP contribution in [-0.2, 0) is 16.1 Å². The van der Waals surface area contributed by atoms with E-state index in [-0.39, 0.29) is 23.6 Å². The number of piperidine rings is 1. The molecule has 1 aromatic carbocycles. The number of carbonyl (C=O) groups is 3. The molecule has 3 aliphatic rings. The lowest BCUT2D eigenvalue weighted by Gasteiger charge is -2.52. The molecule has 0 bridgehead atoms. The minimum absolute atomic E-state index is 0.0619. The van der Waals surface area contributed by atoms with Gasteiger partial charge in [0.05, 0.1) is 6.10 Å². The highest BCUT2D eigenvalue weighted by Gasteiger charge is 2.55. The van der Waals surface area contributed by atoms with E-state index in [4.69, 9.17) is 4.74 Å². The SMILES string of the molecule is CCCCN1C(=O)[C@@H]([C@H](O)C2CCCCC2)NC(=O)C12CCN(Cc1ccc(Oc3ccc(C(=O)NC)cc3)nc1)CC2. The first kappa shape index (κ1) is 30.9. The van der Waals surface area contributed by atoms with Crippen LogP contribution < -0.4 is 15.4 Å². The summed E-state index contributed by atoms with van der Waals surface area (Å²) in [4.78, 5) is 47.9. The Morgan fingerprint density at radius 1 is 1.12 bits per heavy atom. The van der Waals surface area contributed by atoms with Crippen molar-refractivity contribution < 1.29 is 24.2 Å². The first-order valence-electron chi connectivity index (χ1n) is 15.8. The Morgan fingerprint density at radius 3 is 2.47 bits per heavy atom. The number of carbonyl (C=O) groups excluding carboxylic acids is 3. The molecule has 5 rings (SSSR count). The van der Waals surface area contributed by atoms with Crippen LogP contribution in [0, 0.1) is 5.92 Å². The van der Waals surface area contributed by atoms with Crippen molar-refractivity contribution in [2.75, 3.05) is 26.7 Å². The second kappa shape index (κ2) is 13.9. The number of rotatable bonds is 10. The van der Waals surface area contributed by atoms with Crippen molar-refractivity contribution in [1.29, 1.82) is 0 Å². The molecular weight excluding hydrogens is 546 g/mol. The standard InChI is InChI=1S/C33H45N5O5/c1-3-4-18-38-31(41)28(29(39)24-8-6-5-7-9-24)36-32(42)33(38)16-19-37(20-17-33)22-23-10-15-27(35-21-23)43-26-13-11-25(12-14-26)30(40)34-2/h10-15,21,24,28-29,39H,3-9,16-20,22H2,1-2H3,(H,34,40)(H,36,42)/t28-,29-/m1/s1. The summed E-state index contributed by atoms with van der Waals surface area (Å²) in [5.41, 5.74) is 0.720. The number of likely N-dealkylation sites (tertiary alicyclic amines) is 1. The quantitative estimate of drug-likeness (QED) is 0.386. The van der Waals surface area contributed by atoms with Gasteiger partial charge in [0.15, 0.2) is 0 Å². The van der Waals surface area contributed by atoms with Crippen LogP contribution in [0.4, 0.5) is 0 Å². The lowest BCUT2D eigenvalue weighted by atomic mass is 9.78. The fraction of sp³-hybridized carbons (Fsp3) is 0.576. The smallest absolute Gasteiger partial charge is 0.251 e. The number of aliphatic hydroxyl groups is 1. The molecule has 3 heterocycles. The number of piperazine rings is 1. The Balaban J connectivity index is 1.19. The van der Waals surface area contributed by atoms with Gasteiger partial charge < -0.3 is 25.4 Å². The first-order valence-corrected chi connectivity index (χ1v) is 15.8. The van der Waals surface area contributed by atoms with Gasteiger partial charge in [-0.3, -0.25) is 19.3 Å². The minimum atomic E-state index is -0.866. The maximum absolute atomic E-state index is 13.8. The summed E-state index contributed by atoms with van der Waals surface area (Å²) >= 11 is 0. The molecule has 1 spiro atoms. The number of benzene rings is 1. The molecule has 1 aromatic heterocycles. The van der Waals surface area contributed by atoms with Crippen LogP contribution in [-0.4, -0.2) is 82.0 Å². The predicted octanol–water partition coefficient (Wildman–Crippen LogP) is 3.64. The van der Waals surface area contributed by atoms with Crippen LogP contribution in [0.2, 0.25) is 0 Å². The third kappa shape index (κ3) is 6.86. The van der Waals surface area contributed by atoms with Crippen molar-refractivity contribution in [3.05, 3.63) is 53.7 Å². The largest absolute Gasteiger partial charge is 0.439 e. The Bertz CT molecular complexity index is 1250. The summed E-state index contributed by atoms with van der Waals surface area (Å²) in [6.07, 6.45) is 8.94. The zero-order valence-corrected chi connectivity index (χ0v) is 25.4. The van der Waals surface area contributed by atoms with Crippen molar-refractivity contribution in [3.8, 4) is 11.6 Å². The van der Waals surface area contributed by atoms with E-state index in [0.717, 1.165) is 44.1 Å². The van der Waals surface area contributed by atoms with Crippen LogP contribution in [0.3, 0.4) is 0 Å². The molecule has 43 heavy (non-hydrogen) atoms. The van der Waals surface area contributed by atoms with Gasteiger partial charge in [0.25, 0.3) is 5.91 Å². The Labute approximate surface area is 254 Å². The molecule has 1 aliphatic carbocycles. The first-order chi connectivity index (χ1) is 20.8. The van der Waals surface area contributed by atoms with Gasteiger partial charge in [0, 0.05) is 51.1 Å². The van der Waals surface area contributed by atoms with Gasteiger partial charge >= 0.3 is 0 Å². The molecule has 232 valence electrons. The highest BCUT2D eigenvalue weighted by molar-refractivity contribution is 6.00. The molecule has 2 atom stereocenters. The van der Waals surface area contributed by atoms with Gasteiger partial charge in [-0.1, -0.05) is 38.7 Å². The molecule has 3 amide bonds. The molecule has 10 nitrogen and oxygen atoms in total. The number of hydrogen-bond donors (Lipinski definition) is 3. The lowest BCUT2D eigenvalue weighted by molar-refractivity contribution is -0.166. The number of nitrogens with one attached hydrogen (secondary N) is 2. The summed E-state index contributed by atoms with van der Waals surface area (Å²) < 4.78 is 5.84. The Kier molecular flexibility index (Phi) is 9.97. The lowest BCUT2D eigenvalue weighted by Crippen LogP contribution is -2.75. The normalized spacial score (nSPS) is 21.8. The molecule has 2 aromatic rings. The van der Waals surface area contributed by atoms with Crippen molar-refractivity contribution in [3.63, 3.8) is 0 Å². The number of pyridine rings is 1.